The number of hydrogen-bond donors (Lipinski definition) is 1. The standard InChI is InChI=1S/C13H26N2O3/c1-17-10-9-15(8-4-6-13(16)18-2)11-12-5-3-7-14-12/h12,14H,3-11H2,1-2H3. The first-order valence-corrected chi connectivity index (χ1v) is 6.77. The minimum Gasteiger partial charge on any atom is -0.469 e. The normalized spacial score (nSPS) is 19.4. The number of carbonyl (C=O) groups is 1. The monoisotopic (exact) mass is 258 g/mol. The van der Waals surface area contributed by atoms with E-state index in [1.807, 2.05) is 0 Å². The van der Waals surface area contributed by atoms with Crippen LogP contribution in [0, 0.1) is 0 Å². The summed E-state index contributed by atoms with van der Waals surface area (Å²) in [6.07, 6.45) is 3.87. The van der Waals surface area contributed by atoms with Gasteiger partial charge in [-0.25, -0.2) is 0 Å². The van der Waals surface area contributed by atoms with Gasteiger partial charge < -0.3 is 14.8 Å². The smallest absolute Gasteiger partial charge is 0.305 e. The molecule has 0 amide bonds. The van der Waals surface area contributed by atoms with Crippen LogP contribution in [-0.4, -0.2) is 63.9 Å². The molecule has 0 aromatic heterocycles. The molecule has 0 aliphatic carbocycles. The zero-order chi connectivity index (χ0) is 13.2. The highest BCUT2D eigenvalue weighted by molar-refractivity contribution is 5.69. The maximum Gasteiger partial charge on any atom is 0.305 e. The van der Waals surface area contributed by atoms with Crippen molar-refractivity contribution in [1.82, 2.24) is 10.2 Å². The molecule has 0 bridgehead atoms. The molecule has 18 heavy (non-hydrogen) atoms. The fourth-order valence-corrected chi connectivity index (χ4v) is 2.29. The van der Waals surface area contributed by atoms with Crippen molar-refractivity contribution in [3.05, 3.63) is 0 Å². The van der Waals surface area contributed by atoms with Gasteiger partial charge in [0.1, 0.15) is 0 Å². The summed E-state index contributed by atoms with van der Waals surface area (Å²) in [7, 11) is 3.16. The van der Waals surface area contributed by atoms with E-state index in [1.54, 1.807) is 7.11 Å². The van der Waals surface area contributed by atoms with Gasteiger partial charge in [0.25, 0.3) is 0 Å². The van der Waals surface area contributed by atoms with Gasteiger partial charge in [0.15, 0.2) is 0 Å². The van der Waals surface area contributed by atoms with Crippen LogP contribution in [0.4, 0.5) is 0 Å². The van der Waals surface area contributed by atoms with Crippen LogP contribution in [-0.2, 0) is 14.3 Å². The van der Waals surface area contributed by atoms with Gasteiger partial charge >= 0.3 is 5.97 Å². The van der Waals surface area contributed by atoms with Gasteiger partial charge in [0, 0.05) is 32.7 Å². The lowest BCUT2D eigenvalue weighted by Crippen LogP contribution is -2.39. The number of esters is 1. The Balaban J connectivity index is 2.22. The Labute approximate surface area is 110 Å². The van der Waals surface area contributed by atoms with E-state index in [2.05, 4.69) is 15.0 Å². The fourth-order valence-electron chi connectivity index (χ4n) is 2.29. The van der Waals surface area contributed by atoms with Crippen LogP contribution in [0.3, 0.4) is 0 Å². The lowest BCUT2D eigenvalue weighted by molar-refractivity contribution is -0.140. The van der Waals surface area contributed by atoms with Crippen LogP contribution in [0.5, 0.6) is 0 Å². The Hall–Kier alpha value is -0.650. The highest BCUT2D eigenvalue weighted by Crippen LogP contribution is 2.08. The lowest BCUT2D eigenvalue weighted by atomic mass is 10.2. The number of nitrogens with zero attached hydrogens (tertiary/aromatic N) is 1. The van der Waals surface area contributed by atoms with Gasteiger partial charge in [0.2, 0.25) is 0 Å². The van der Waals surface area contributed by atoms with Gasteiger partial charge in [-0.15, -0.1) is 0 Å². The predicted octanol–water partition coefficient (Wildman–Crippen LogP) is 0.640. The van der Waals surface area contributed by atoms with E-state index in [0.717, 1.165) is 39.2 Å². The molecule has 0 radical (unpaired) electrons. The van der Waals surface area contributed by atoms with Crippen molar-refractivity contribution in [1.29, 1.82) is 0 Å². The molecular formula is C13H26N2O3. The molecule has 0 aromatic rings. The molecule has 0 spiro atoms. The quantitative estimate of drug-likeness (QED) is 0.615. The molecule has 1 fully saturated rings. The Morgan fingerprint density at radius 2 is 2.22 bits per heavy atom. The Morgan fingerprint density at radius 3 is 2.83 bits per heavy atom. The minimum atomic E-state index is -0.124. The summed E-state index contributed by atoms with van der Waals surface area (Å²) in [5.41, 5.74) is 0. The van der Waals surface area contributed by atoms with E-state index in [9.17, 15) is 4.79 Å². The van der Waals surface area contributed by atoms with Gasteiger partial charge in [-0.1, -0.05) is 0 Å². The highest BCUT2D eigenvalue weighted by Gasteiger charge is 2.17. The van der Waals surface area contributed by atoms with Crippen LogP contribution >= 0.6 is 0 Å². The molecular weight excluding hydrogens is 232 g/mol. The molecule has 1 rings (SSSR count). The summed E-state index contributed by atoms with van der Waals surface area (Å²) in [5, 5.41) is 3.50. The van der Waals surface area contributed by atoms with Crippen molar-refractivity contribution in [2.24, 2.45) is 0 Å². The molecule has 0 saturated carbocycles. The number of carbonyl (C=O) groups excluding carboxylic acids is 1. The lowest BCUT2D eigenvalue weighted by Gasteiger charge is -2.25. The van der Waals surface area contributed by atoms with E-state index in [1.165, 1.54) is 20.0 Å². The van der Waals surface area contributed by atoms with Crippen molar-refractivity contribution >= 4 is 5.97 Å². The average Bonchev–Trinajstić information content (AvgIpc) is 2.88. The minimum absolute atomic E-state index is 0.124. The van der Waals surface area contributed by atoms with E-state index in [0.29, 0.717) is 12.5 Å². The van der Waals surface area contributed by atoms with Gasteiger partial charge in [-0.05, 0) is 32.4 Å². The molecule has 1 N–H and O–H groups in total. The summed E-state index contributed by atoms with van der Waals surface area (Å²) in [4.78, 5) is 13.4. The van der Waals surface area contributed by atoms with Crippen LogP contribution in [0.1, 0.15) is 25.7 Å². The molecule has 106 valence electrons. The van der Waals surface area contributed by atoms with Crippen molar-refractivity contribution in [2.45, 2.75) is 31.7 Å². The molecule has 1 aliphatic rings. The van der Waals surface area contributed by atoms with E-state index in [4.69, 9.17) is 4.74 Å². The second-order valence-corrected chi connectivity index (χ2v) is 4.77. The predicted molar refractivity (Wildman–Crippen MR) is 70.6 cm³/mol. The van der Waals surface area contributed by atoms with E-state index in [-0.39, 0.29) is 5.97 Å². The molecule has 0 aromatic carbocycles. The molecule has 1 unspecified atom stereocenters. The Morgan fingerprint density at radius 1 is 1.39 bits per heavy atom. The fraction of sp³-hybridized carbons (Fsp3) is 0.923. The third-order valence-electron chi connectivity index (χ3n) is 3.34. The number of methoxy groups -OCH3 is 2. The zero-order valence-corrected chi connectivity index (χ0v) is 11.6. The highest BCUT2D eigenvalue weighted by atomic mass is 16.5. The average molecular weight is 258 g/mol. The summed E-state index contributed by atoms with van der Waals surface area (Å²) < 4.78 is 9.78. The van der Waals surface area contributed by atoms with Crippen LogP contribution < -0.4 is 5.32 Å². The third kappa shape index (κ3) is 6.33. The summed E-state index contributed by atoms with van der Waals surface area (Å²) in [6.45, 7) is 4.77. The summed E-state index contributed by atoms with van der Waals surface area (Å²) >= 11 is 0. The second-order valence-electron chi connectivity index (χ2n) is 4.77. The summed E-state index contributed by atoms with van der Waals surface area (Å²) in [5.74, 6) is -0.124. The number of hydrogen-bond acceptors (Lipinski definition) is 5. The van der Waals surface area contributed by atoms with Gasteiger partial charge in [-0.3, -0.25) is 9.69 Å². The van der Waals surface area contributed by atoms with Crippen LogP contribution in [0.25, 0.3) is 0 Å². The first-order chi connectivity index (χ1) is 8.76. The topological polar surface area (TPSA) is 50.8 Å². The molecule has 1 heterocycles. The molecule has 1 atom stereocenters. The molecule has 5 nitrogen and oxygen atoms in total. The summed E-state index contributed by atoms with van der Waals surface area (Å²) in [6, 6.07) is 0.597. The Kier molecular flexibility index (Phi) is 7.96. The first-order valence-electron chi connectivity index (χ1n) is 6.77. The number of rotatable bonds is 9. The van der Waals surface area contributed by atoms with Crippen LogP contribution in [0.2, 0.25) is 0 Å². The van der Waals surface area contributed by atoms with Gasteiger partial charge in [-0.2, -0.15) is 0 Å². The van der Waals surface area contributed by atoms with Gasteiger partial charge in [0.05, 0.1) is 13.7 Å². The number of nitrogens with one attached hydrogen (secondary N) is 1. The Bertz CT molecular complexity index is 230. The maximum absolute atomic E-state index is 11.1. The van der Waals surface area contributed by atoms with Crippen molar-refractivity contribution in [3.63, 3.8) is 0 Å². The molecule has 1 saturated heterocycles. The zero-order valence-electron chi connectivity index (χ0n) is 11.6. The van der Waals surface area contributed by atoms with Crippen molar-refractivity contribution < 1.29 is 14.3 Å². The third-order valence-corrected chi connectivity index (χ3v) is 3.34. The first kappa shape index (κ1) is 15.4. The van der Waals surface area contributed by atoms with E-state index < -0.39 is 0 Å². The van der Waals surface area contributed by atoms with E-state index >= 15 is 0 Å². The molecule has 5 heteroatoms. The largest absolute Gasteiger partial charge is 0.469 e. The molecule has 1 aliphatic heterocycles. The van der Waals surface area contributed by atoms with Crippen molar-refractivity contribution in [2.75, 3.05) is 47.0 Å². The maximum atomic E-state index is 11.1. The SMILES string of the molecule is COCCN(CCCC(=O)OC)CC1CCCN1. The van der Waals surface area contributed by atoms with Crippen molar-refractivity contribution in [3.8, 4) is 0 Å². The van der Waals surface area contributed by atoms with Crippen LogP contribution in [0.15, 0.2) is 0 Å². The number of ether oxygens (including phenoxy) is 2. The second kappa shape index (κ2) is 9.30.